The van der Waals surface area contributed by atoms with Crippen LogP contribution in [0.5, 0.6) is 5.75 Å². The first-order valence-electron chi connectivity index (χ1n) is 9.29. The third-order valence-electron chi connectivity index (χ3n) is 4.56. The molecule has 1 fully saturated rings. The predicted octanol–water partition coefficient (Wildman–Crippen LogP) is 1.38. The van der Waals surface area contributed by atoms with E-state index in [9.17, 15) is 8.42 Å². The Balaban J connectivity index is 1.55. The number of piperazine rings is 1. The summed E-state index contributed by atoms with van der Waals surface area (Å²) >= 11 is 0. The van der Waals surface area contributed by atoms with Crippen molar-refractivity contribution in [2.45, 2.75) is 6.92 Å². The Morgan fingerprint density at radius 3 is 2.39 bits per heavy atom. The molecule has 1 aliphatic rings. The number of rotatable bonds is 7. The van der Waals surface area contributed by atoms with Crippen molar-refractivity contribution in [1.29, 1.82) is 0 Å². The van der Waals surface area contributed by atoms with Crippen LogP contribution < -0.4 is 14.5 Å². The minimum Gasteiger partial charge on any atom is -0.492 e. The molecular weight excluding hydrogens is 378 g/mol. The van der Waals surface area contributed by atoms with Crippen LogP contribution in [0.1, 0.15) is 5.69 Å². The topological polar surface area (TPSA) is 78.9 Å². The molecule has 2 heterocycles. The van der Waals surface area contributed by atoms with Gasteiger partial charge in [-0.05, 0) is 19.1 Å². The highest BCUT2D eigenvalue weighted by Crippen LogP contribution is 2.18. The summed E-state index contributed by atoms with van der Waals surface area (Å²) in [7, 11) is 0.520. The molecular formula is C19H27N5O3S. The summed E-state index contributed by atoms with van der Waals surface area (Å²) in [5, 5.41) is 0. The fourth-order valence-electron chi connectivity index (χ4n) is 2.98. The lowest BCUT2D eigenvalue weighted by molar-refractivity contribution is 0.330. The van der Waals surface area contributed by atoms with Gasteiger partial charge < -0.3 is 14.5 Å². The lowest BCUT2D eigenvalue weighted by Crippen LogP contribution is -2.50. The monoisotopic (exact) mass is 405 g/mol. The van der Waals surface area contributed by atoms with E-state index in [0.29, 0.717) is 37.9 Å². The van der Waals surface area contributed by atoms with Gasteiger partial charge in [0.2, 0.25) is 16.0 Å². The molecule has 0 bridgehead atoms. The van der Waals surface area contributed by atoms with E-state index in [0.717, 1.165) is 11.5 Å². The zero-order chi connectivity index (χ0) is 20.1. The average molecular weight is 406 g/mol. The highest BCUT2D eigenvalue weighted by molar-refractivity contribution is 7.89. The molecule has 1 saturated heterocycles. The van der Waals surface area contributed by atoms with Gasteiger partial charge in [0.25, 0.3) is 0 Å². The maximum atomic E-state index is 12.6. The first-order valence-corrected chi connectivity index (χ1v) is 10.9. The standard InChI is InChI=1S/C19H27N5O3S/c1-16-15-18(22(2)3)21-19(20-16)23-9-11-24(12-10-23)28(25,26)14-13-27-17-7-5-4-6-8-17/h4-8,15H,9-14H2,1-3H3. The fourth-order valence-corrected chi connectivity index (χ4v) is 4.26. The van der Waals surface area contributed by atoms with Crippen molar-refractivity contribution in [3.05, 3.63) is 42.1 Å². The zero-order valence-corrected chi connectivity index (χ0v) is 17.4. The first-order chi connectivity index (χ1) is 13.3. The van der Waals surface area contributed by atoms with Crippen molar-refractivity contribution in [2.75, 3.05) is 62.4 Å². The highest BCUT2D eigenvalue weighted by atomic mass is 32.2. The smallest absolute Gasteiger partial charge is 0.227 e. The Morgan fingerprint density at radius 1 is 1.07 bits per heavy atom. The van der Waals surface area contributed by atoms with Gasteiger partial charge in [-0.2, -0.15) is 9.29 Å². The van der Waals surface area contributed by atoms with E-state index in [2.05, 4.69) is 9.97 Å². The van der Waals surface area contributed by atoms with Crippen LogP contribution in [0, 0.1) is 6.92 Å². The second-order valence-corrected chi connectivity index (χ2v) is 9.01. The van der Waals surface area contributed by atoms with Crippen LogP contribution in [-0.2, 0) is 10.0 Å². The molecule has 0 atom stereocenters. The number of benzene rings is 1. The van der Waals surface area contributed by atoms with Crippen molar-refractivity contribution in [3.8, 4) is 5.75 Å². The maximum absolute atomic E-state index is 12.6. The van der Waals surface area contributed by atoms with E-state index in [1.165, 1.54) is 4.31 Å². The third kappa shape index (κ3) is 5.11. The molecule has 152 valence electrons. The van der Waals surface area contributed by atoms with Crippen molar-refractivity contribution in [2.24, 2.45) is 0 Å². The number of aryl methyl sites for hydroxylation is 1. The van der Waals surface area contributed by atoms with Crippen LogP contribution >= 0.6 is 0 Å². The molecule has 9 heteroatoms. The fraction of sp³-hybridized carbons (Fsp3) is 0.474. The summed E-state index contributed by atoms with van der Waals surface area (Å²) < 4.78 is 32.3. The molecule has 0 unspecified atom stereocenters. The number of hydrogen-bond acceptors (Lipinski definition) is 7. The first kappa shape index (κ1) is 20.3. The summed E-state index contributed by atoms with van der Waals surface area (Å²) in [6, 6.07) is 11.2. The second kappa shape index (κ2) is 8.74. The van der Waals surface area contributed by atoms with Crippen molar-refractivity contribution < 1.29 is 13.2 Å². The van der Waals surface area contributed by atoms with Gasteiger partial charge in [0.15, 0.2) is 0 Å². The molecule has 0 aliphatic carbocycles. The Labute approximate surface area is 166 Å². The van der Waals surface area contributed by atoms with Gasteiger partial charge in [-0.1, -0.05) is 18.2 Å². The Bertz CT molecular complexity index is 882. The molecule has 2 aromatic rings. The Morgan fingerprint density at radius 2 is 1.75 bits per heavy atom. The Kier molecular flexibility index (Phi) is 6.35. The quantitative estimate of drug-likeness (QED) is 0.689. The molecule has 0 N–H and O–H groups in total. The number of anilines is 2. The van der Waals surface area contributed by atoms with Crippen LogP contribution in [-0.4, -0.2) is 75.3 Å². The van der Waals surface area contributed by atoms with Gasteiger partial charge in [-0.15, -0.1) is 0 Å². The number of ether oxygens (including phenoxy) is 1. The summed E-state index contributed by atoms with van der Waals surface area (Å²) in [4.78, 5) is 13.1. The number of para-hydroxylation sites is 1. The normalized spacial score (nSPS) is 15.5. The van der Waals surface area contributed by atoms with E-state index >= 15 is 0 Å². The number of hydrogen-bond donors (Lipinski definition) is 0. The van der Waals surface area contributed by atoms with Crippen LogP contribution in [0.25, 0.3) is 0 Å². The lowest BCUT2D eigenvalue weighted by Gasteiger charge is -2.34. The van der Waals surface area contributed by atoms with Gasteiger partial charge in [0.05, 0.1) is 5.75 Å². The van der Waals surface area contributed by atoms with E-state index in [1.54, 1.807) is 0 Å². The molecule has 8 nitrogen and oxygen atoms in total. The largest absolute Gasteiger partial charge is 0.492 e. The van der Waals surface area contributed by atoms with E-state index in [-0.39, 0.29) is 12.4 Å². The van der Waals surface area contributed by atoms with Crippen LogP contribution in [0.3, 0.4) is 0 Å². The van der Waals surface area contributed by atoms with Crippen molar-refractivity contribution in [3.63, 3.8) is 0 Å². The summed E-state index contributed by atoms with van der Waals surface area (Å²) in [5.41, 5.74) is 0.891. The van der Waals surface area contributed by atoms with Crippen LogP contribution in [0.2, 0.25) is 0 Å². The van der Waals surface area contributed by atoms with Crippen molar-refractivity contribution in [1.82, 2.24) is 14.3 Å². The summed E-state index contributed by atoms with van der Waals surface area (Å²) in [6.45, 7) is 4.04. The van der Waals surface area contributed by atoms with Gasteiger partial charge in [0.1, 0.15) is 18.2 Å². The lowest BCUT2D eigenvalue weighted by atomic mass is 10.3. The van der Waals surface area contributed by atoms with E-state index in [4.69, 9.17) is 4.74 Å². The number of sulfonamides is 1. The predicted molar refractivity (Wildman–Crippen MR) is 111 cm³/mol. The third-order valence-corrected chi connectivity index (χ3v) is 6.39. The average Bonchev–Trinajstić information content (AvgIpc) is 2.68. The minimum atomic E-state index is -3.36. The maximum Gasteiger partial charge on any atom is 0.227 e. The molecule has 28 heavy (non-hydrogen) atoms. The molecule has 1 aliphatic heterocycles. The molecule has 1 aromatic carbocycles. The molecule has 3 rings (SSSR count). The van der Waals surface area contributed by atoms with E-state index in [1.807, 2.05) is 67.2 Å². The van der Waals surface area contributed by atoms with Crippen LogP contribution in [0.15, 0.2) is 36.4 Å². The van der Waals surface area contributed by atoms with Gasteiger partial charge in [0, 0.05) is 52.0 Å². The van der Waals surface area contributed by atoms with Gasteiger partial charge in [-0.25, -0.2) is 13.4 Å². The summed E-state index contributed by atoms with van der Waals surface area (Å²) in [6.07, 6.45) is 0. The molecule has 0 spiro atoms. The highest BCUT2D eigenvalue weighted by Gasteiger charge is 2.28. The number of aromatic nitrogens is 2. The molecule has 0 saturated carbocycles. The van der Waals surface area contributed by atoms with E-state index < -0.39 is 10.0 Å². The van der Waals surface area contributed by atoms with Gasteiger partial charge in [-0.3, -0.25) is 0 Å². The SMILES string of the molecule is Cc1cc(N(C)C)nc(N2CCN(S(=O)(=O)CCOc3ccccc3)CC2)n1. The molecule has 0 radical (unpaired) electrons. The number of nitrogens with zero attached hydrogens (tertiary/aromatic N) is 5. The summed E-state index contributed by atoms with van der Waals surface area (Å²) in [5.74, 6) is 2.13. The van der Waals surface area contributed by atoms with Crippen molar-refractivity contribution >= 4 is 21.8 Å². The van der Waals surface area contributed by atoms with Gasteiger partial charge >= 0.3 is 0 Å². The second-order valence-electron chi connectivity index (χ2n) is 6.93. The van der Waals surface area contributed by atoms with Crippen LogP contribution in [0.4, 0.5) is 11.8 Å². The molecule has 1 aromatic heterocycles. The zero-order valence-electron chi connectivity index (χ0n) is 16.6. The Hall–Kier alpha value is -2.39. The minimum absolute atomic E-state index is 0.0341. The molecule has 0 amide bonds.